The topological polar surface area (TPSA) is 75.7 Å². The number of sulfonamides is 1. The maximum Gasteiger partial charge on any atom is 0.244 e. The van der Waals surface area contributed by atoms with Gasteiger partial charge < -0.3 is 10.1 Å². The Hall–Kier alpha value is -1.70. The Labute approximate surface area is 156 Å². The predicted molar refractivity (Wildman–Crippen MR) is 103 cm³/mol. The van der Waals surface area contributed by atoms with Crippen molar-refractivity contribution in [3.05, 3.63) is 41.5 Å². The lowest BCUT2D eigenvalue weighted by atomic mass is 9.94. The number of ether oxygens (including phenoxy) is 1. The van der Waals surface area contributed by atoms with E-state index in [-0.39, 0.29) is 24.1 Å². The van der Waals surface area contributed by atoms with Crippen molar-refractivity contribution in [1.82, 2.24) is 9.62 Å². The van der Waals surface area contributed by atoms with Gasteiger partial charge in [-0.05, 0) is 24.0 Å². The van der Waals surface area contributed by atoms with E-state index in [4.69, 9.17) is 4.74 Å². The van der Waals surface area contributed by atoms with E-state index < -0.39 is 10.0 Å². The van der Waals surface area contributed by atoms with Crippen LogP contribution in [0.2, 0.25) is 0 Å². The number of nitrogens with zero attached hydrogens (tertiary/aromatic N) is 1. The van der Waals surface area contributed by atoms with E-state index in [9.17, 15) is 13.2 Å². The first-order valence-electron chi connectivity index (χ1n) is 8.91. The minimum Gasteiger partial charge on any atom is -0.379 e. The van der Waals surface area contributed by atoms with Crippen LogP contribution in [0.5, 0.6) is 0 Å². The molecule has 2 rings (SSSR count). The quantitative estimate of drug-likeness (QED) is 0.732. The fraction of sp³-hybridized carbons (Fsp3) is 0.526. The monoisotopic (exact) mass is 380 g/mol. The molecule has 0 unspecified atom stereocenters. The Kier molecular flexibility index (Phi) is 7.37. The van der Waals surface area contributed by atoms with Crippen molar-refractivity contribution in [2.75, 3.05) is 38.6 Å². The lowest BCUT2D eigenvalue weighted by molar-refractivity contribution is -0.116. The van der Waals surface area contributed by atoms with E-state index >= 15 is 0 Å². The van der Waals surface area contributed by atoms with Gasteiger partial charge in [0.15, 0.2) is 0 Å². The second kappa shape index (κ2) is 9.30. The molecule has 0 bridgehead atoms. The molecule has 0 aliphatic carbocycles. The molecule has 1 aliphatic rings. The molecule has 1 saturated heterocycles. The highest BCUT2D eigenvalue weighted by Gasteiger charge is 2.23. The van der Waals surface area contributed by atoms with Gasteiger partial charge >= 0.3 is 0 Å². The third-order valence-electron chi connectivity index (χ3n) is 4.32. The number of nitrogens with one attached hydrogen (secondary N) is 1. The number of rotatable bonds is 7. The number of benzene rings is 1. The van der Waals surface area contributed by atoms with E-state index in [2.05, 4.69) is 5.32 Å². The smallest absolute Gasteiger partial charge is 0.244 e. The summed E-state index contributed by atoms with van der Waals surface area (Å²) in [5.41, 5.74) is 3.09. The number of aryl methyl sites for hydroxylation is 1. The van der Waals surface area contributed by atoms with E-state index in [0.717, 1.165) is 16.7 Å². The lowest BCUT2D eigenvalue weighted by Crippen LogP contribution is -2.43. The molecule has 1 heterocycles. The third-order valence-corrected chi connectivity index (χ3v) is 6.19. The second-order valence-electron chi connectivity index (χ2n) is 6.74. The highest BCUT2D eigenvalue weighted by atomic mass is 32.2. The zero-order valence-electron chi connectivity index (χ0n) is 15.7. The zero-order valence-corrected chi connectivity index (χ0v) is 16.5. The maximum absolute atomic E-state index is 12.3. The normalized spacial score (nSPS) is 16.7. The number of carbonyl (C=O) groups excluding carboxylic acids is 1. The number of carbonyl (C=O) groups is 1. The Morgan fingerprint density at radius 1 is 1.23 bits per heavy atom. The summed E-state index contributed by atoms with van der Waals surface area (Å²) in [5.74, 6) is -0.194. The van der Waals surface area contributed by atoms with Crippen molar-refractivity contribution >= 4 is 21.5 Å². The van der Waals surface area contributed by atoms with Gasteiger partial charge in [0.2, 0.25) is 15.9 Å². The van der Waals surface area contributed by atoms with Gasteiger partial charge in [0.25, 0.3) is 0 Å². The highest BCUT2D eigenvalue weighted by Crippen LogP contribution is 2.23. The third kappa shape index (κ3) is 5.93. The summed E-state index contributed by atoms with van der Waals surface area (Å²) in [6.45, 7) is 7.76. The van der Waals surface area contributed by atoms with Crippen LogP contribution in [-0.4, -0.2) is 57.2 Å². The lowest BCUT2D eigenvalue weighted by Gasteiger charge is -2.26. The number of morpholine rings is 1. The van der Waals surface area contributed by atoms with Crippen LogP contribution < -0.4 is 5.32 Å². The molecule has 0 saturated carbocycles. The summed E-state index contributed by atoms with van der Waals surface area (Å²) in [5, 5.41) is 2.69. The van der Waals surface area contributed by atoms with Gasteiger partial charge in [-0.25, -0.2) is 8.42 Å². The summed E-state index contributed by atoms with van der Waals surface area (Å²) in [7, 11) is -3.36. The van der Waals surface area contributed by atoms with Crippen LogP contribution in [0, 0.1) is 12.8 Å². The number of hydrogen-bond donors (Lipinski definition) is 1. The van der Waals surface area contributed by atoms with Crippen LogP contribution in [-0.2, 0) is 19.6 Å². The van der Waals surface area contributed by atoms with Gasteiger partial charge in [0.1, 0.15) is 0 Å². The van der Waals surface area contributed by atoms with Crippen molar-refractivity contribution in [2.24, 2.45) is 5.92 Å². The summed E-state index contributed by atoms with van der Waals surface area (Å²) >= 11 is 0. The van der Waals surface area contributed by atoms with Crippen LogP contribution in [0.1, 0.15) is 25.0 Å². The molecular formula is C19H28N2O4S. The molecule has 0 aromatic heterocycles. The molecule has 1 aromatic rings. The molecule has 144 valence electrons. The molecule has 0 atom stereocenters. The summed E-state index contributed by atoms with van der Waals surface area (Å²) in [6.07, 6.45) is 1.57. The number of allylic oxidation sites excluding steroid dienone is 1. The molecule has 7 heteroatoms. The maximum atomic E-state index is 12.3. The second-order valence-corrected chi connectivity index (χ2v) is 8.83. The molecule has 1 aliphatic heterocycles. The highest BCUT2D eigenvalue weighted by molar-refractivity contribution is 7.89. The average molecular weight is 381 g/mol. The molecule has 0 radical (unpaired) electrons. The molecule has 0 spiro atoms. The van der Waals surface area contributed by atoms with Crippen molar-refractivity contribution < 1.29 is 17.9 Å². The first-order valence-corrected chi connectivity index (χ1v) is 10.5. The molecule has 1 fully saturated rings. The van der Waals surface area contributed by atoms with E-state index in [0.29, 0.717) is 26.3 Å². The Morgan fingerprint density at radius 2 is 1.85 bits per heavy atom. The SMILES string of the molecule is Cc1ccc(/C(=C/C(=O)NCCS(=O)(=O)N2CCOCC2)C(C)C)cc1. The van der Waals surface area contributed by atoms with Crippen LogP contribution in [0.4, 0.5) is 0 Å². The van der Waals surface area contributed by atoms with Crippen LogP contribution in [0.25, 0.3) is 5.57 Å². The predicted octanol–water partition coefficient (Wildman–Crippen LogP) is 1.81. The minimum absolute atomic E-state index is 0.0916. The molecule has 1 N–H and O–H groups in total. The fourth-order valence-electron chi connectivity index (χ4n) is 2.78. The van der Waals surface area contributed by atoms with Crippen molar-refractivity contribution in [3.63, 3.8) is 0 Å². The van der Waals surface area contributed by atoms with Gasteiger partial charge in [0.05, 0.1) is 19.0 Å². The van der Waals surface area contributed by atoms with E-state index in [1.54, 1.807) is 6.08 Å². The first kappa shape index (κ1) is 20.6. The summed E-state index contributed by atoms with van der Waals surface area (Å²) in [4.78, 5) is 12.2. The van der Waals surface area contributed by atoms with Gasteiger partial charge in [0, 0.05) is 25.7 Å². The average Bonchev–Trinajstić information content (AvgIpc) is 2.61. The van der Waals surface area contributed by atoms with Crippen molar-refractivity contribution in [1.29, 1.82) is 0 Å². The van der Waals surface area contributed by atoms with Crippen LogP contribution >= 0.6 is 0 Å². The minimum atomic E-state index is -3.36. The Morgan fingerprint density at radius 3 is 2.42 bits per heavy atom. The first-order chi connectivity index (χ1) is 12.3. The summed E-state index contributed by atoms with van der Waals surface area (Å²) < 4.78 is 31.1. The molecule has 1 amide bonds. The molecular weight excluding hydrogens is 352 g/mol. The van der Waals surface area contributed by atoms with Crippen LogP contribution in [0.15, 0.2) is 30.3 Å². The number of amides is 1. The number of hydrogen-bond acceptors (Lipinski definition) is 4. The Bertz CT molecular complexity index is 733. The van der Waals surface area contributed by atoms with E-state index in [1.165, 1.54) is 4.31 Å². The van der Waals surface area contributed by atoms with Gasteiger partial charge in [-0.2, -0.15) is 4.31 Å². The van der Waals surface area contributed by atoms with Gasteiger partial charge in [-0.3, -0.25) is 4.79 Å². The van der Waals surface area contributed by atoms with Gasteiger partial charge in [-0.15, -0.1) is 0 Å². The molecule has 6 nitrogen and oxygen atoms in total. The Balaban J connectivity index is 1.95. The van der Waals surface area contributed by atoms with Crippen molar-refractivity contribution in [2.45, 2.75) is 20.8 Å². The zero-order chi connectivity index (χ0) is 19.2. The largest absolute Gasteiger partial charge is 0.379 e. The van der Waals surface area contributed by atoms with Gasteiger partial charge in [-0.1, -0.05) is 43.7 Å². The standard InChI is InChI=1S/C19H28N2O4S/c1-15(2)18(17-6-4-16(3)5-7-17)14-19(22)20-8-13-26(23,24)21-9-11-25-12-10-21/h4-7,14-15H,8-13H2,1-3H3,(H,20,22)/b18-14+. The molecule has 26 heavy (non-hydrogen) atoms. The fourth-order valence-corrected chi connectivity index (χ4v) is 4.10. The summed E-state index contributed by atoms with van der Waals surface area (Å²) in [6, 6.07) is 8.02. The molecule has 1 aromatic carbocycles. The van der Waals surface area contributed by atoms with Crippen molar-refractivity contribution in [3.8, 4) is 0 Å². The van der Waals surface area contributed by atoms with Crippen LogP contribution in [0.3, 0.4) is 0 Å². The van der Waals surface area contributed by atoms with E-state index in [1.807, 2.05) is 45.0 Å².